The van der Waals surface area contributed by atoms with Crippen LogP contribution in [0.15, 0.2) is 0 Å². The van der Waals surface area contributed by atoms with Crippen molar-refractivity contribution >= 4 is 35.7 Å². The fraction of sp³-hybridized carbons (Fsp3) is 0.769. The highest BCUT2D eigenvalue weighted by Crippen LogP contribution is 2.16. The summed E-state index contributed by atoms with van der Waals surface area (Å²) in [6.45, 7) is 4.86. The first-order chi connectivity index (χ1) is 18.7. The Labute approximate surface area is 235 Å². The quantitative estimate of drug-likeness (QED) is 0.0524. The Morgan fingerprint density at radius 3 is 1.68 bits per heavy atom. The minimum absolute atomic E-state index is 0.0765. The fourth-order valence-corrected chi connectivity index (χ4v) is 3.95. The molecule has 0 radical (unpaired) electrons. The maximum absolute atomic E-state index is 12.5. The highest BCUT2D eigenvalue weighted by molar-refractivity contribution is 5.88. The normalized spacial score (nSPS) is 11.5. The third-order valence-corrected chi connectivity index (χ3v) is 6.07. The summed E-state index contributed by atoms with van der Waals surface area (Å²) in [6.07, 6.45) is 9.70. The van der Waals surface area contributed by atoms with E-state index in [1.807, 2.05) is 6.92 Å². The van der Waals surface area contributed by atoms with Gasteiger partial charge >= 0.3 is 23.9 Å². The second-order valence-corrected chi connectivity index (χ2v) is 9.57. The molecule has 1 amide bonds. The Morgan fingerprint density at radius 2 is 1.30 bits per heavy atom. The van der Waals surface area contributed by atoms with Gasteiger partial charge in [0.1, 0.15) is 6.04 Å². The molecule has 0 rings (SSSR count). The molecular weight excluding hydrogens is 528 g/mol. The summed E-state index contributed by atoms with van der Waals surface area (Å²) in [5.41, 5.74) is 2.48. The van der Waals surface area contributed by atoms with Crippen LogP contribution in [0.25, 0.3) is 0 Å². The van der Waals surface area contributed by atoms with E-state index in [1.165, 1.54) is 43.4 Å². The number of carboxylic acids is 4. The molecule has 0 aromatic carbocycles. The molecule has 0 aliphatic carbocycles. The number of hydrogen-bond donors (Lipinski definition) is 8. The lowest BCUT2D eigenvalue weighted by Crippen LogP contribution is -2.45. The van der Waals surface area contributed by atoms with Crippen molar-refractivity contribution in [1.82, 2.24) is 10.2 Å². The molecule has 14 heteroatoms. The van der Waals surface area contributed by atoms with E-state index in [1.54, 1.807) is 0 Å². The van der Waals surface area contributed by atoms with Gasteiger partial charge in [0.15, 0.2) is 11.6 Å². The number of unbranched alkanes of at least 4 members (excludes halogenated alkanes) is 8. The van der Waals surface area contributed by atoms with Gasteiger partial charge in [0, 0.05) is 19.5 Å². The van der Waals surface area contributed by atoms with E-state index in [0.717, 1.165) is 19.3 Å². The van der Waals surface area contributed by atoms with Gasteiger partial charge in [-0.2, -0.15) is 0 Å². The number of nitrogens with one attached hydrogen (secondary N) is 2. The van der Waals surface area contributed by atoms with Crippen molar-refractivity contribution in [2.75, 3.05) is 13.1 Å². The van der Waals surface area contributed by atoms with Crippen LogP contribution in [-0.2, 0) is 24.0 Å². The van der Waals surface area contributed by atoms with Crippen LogP contribution < -0.4 is 11.1 Å². The van der Waals surface area contributed by atoms with E-state index in [0.29, 0.717) is 32.4 Å². The summed E-state index contributed by atoms with van der Waals surface area (Å²) >= 11 is 0. The number of likely N-dealkylation sites (N-methyl/N-ethyl adjacent to an activating group) is 1. The molecule has 1 unspecified atom stereocenters. The van der Waals surface area contributed by atoms with Gasteiger partial charge in [-0.15, -0.1) is 0 Å². The van der Waals surface area contributed by atoms with Crippen molar-refractivity contribution in [1.29, 1.82) is 5.41 Å². The second kappa shape index (κ2) is 22.4. The van der Waals surface area contributed by atoms with E-state index in [2.05, 4.69) is 12.2 Å². The minimum Gasteiger partial charge on any atom is -0.481 e. The maximum Gasteiger partial charge on any atom is 0.336 e. The third-order valence-electron chi connectivity index (χ3n) is 6.07. The molecule has 0 aliphatic heterocycles. The lowest BCUT2D eigenvalue weighted by molar-refractivity contribution is -0.170. The number of carboxylic acid groups (broad SMARTS) is 4. The number of guanidine groups is 1. The first-order valence-electron chi connectivity index (χ1n) is 13.7. The van der Waals surface area contributed by atoms with Gasteiger partial charge in [-0.25, -0.2) is 9.59 Å². The molecule has 232 valence electrons. The van der Waals surface area contributed by atoms with Crippen molar-refractivity contribution in [2.24, 2.45) is 5.73 Å². The van der Waals surface area contributed by atoms with Crippen LogP contribution in [0, 0.1) is 5.41 Å². The van der Waals surface area contributed by atoms with Crippen molar-refractivity contribution in [2.45, 2.75) is 115 Å². The number of rotatable bonds is 22. The number of carbonyl (C=O) groups excluding carboxylic acids is 1. The Hall–Kier alpha value is -3.42. The predicted octanol–water partition coefficient (Wildman–Crippen LogP) is 2.22. The molecule has 1 atom stereocenters. The molecule has 0 spiro atoms. The molecule has 0 aromatic heterocycles. The maximum atomic E-state index is 12.5. The number of carbonyl (C=O) groups is 5. The van der Waals surface area contributed by atoms with Gasteiger partial charge in [0.2, 0.25) is 5.91 Å². The number of aliphatic hydroxyl groups is 1. The molecule has 9 N–H and O–H groups in total. The van der Waals surface area contributed by atoms with Gasteiger partial charge in [-0.1, -0.05) is 58.3 Å². The van der Waals surface area contributed by atoms with Gasteiger partial charge < -0.3 is 41.5 Å². The van der Waals surface area contributed by atoms with Crippen LogP contribution >= 0.6 is 0 Å². The molecule has 0 saturated carbocycles. The number of amides is 1. The Kier molecular flexibility index (Phi) is 21.7. The van der Waals surface area contributed by atoms with Gasteiger partial charge in [0.25, 0.3) is 0 Å². The largest absolute Gasteiger partial charge is 0.481 e. The second-order valence-electron chi connectivity index (χ2n) is 9.57. The lowest BCUT2D eigenvalue weighted by atomic mass is 9.96. The van der Waals surface area contributed by atoms with E-state index >= 15 is 0 Å². The Morgan fingerprint density at radius 1 is 0.825 bits per heavy atom. The zero-order valence-electron chi connectivity index (χ0n) is 23.7. The number of nitrogens with zero attached hydrogens (tertiary/aromatic N) is 1. The van der Waals surface area contributed by atoms with Crippen LogP contribution in [0.5, 0.6) is 0 Å². The molecule has 14 nitrogen and oxygen atoms in total. The summed E-state index contributed by atoms with van der Waals surface area (Å²) in [7, 11) is 0. The first-order valence-corrected chi connectivity index (χ1v) is 13.7. The summed E-state index contributed by atoms with van der Waals surface area (Å²) in [4.78, 5) is 56.0. The molecule has 40 heavy (non-hydrogen) atoms. The van der Waals surface area contributed by atoms with Crippen molar-refractivity contribution < 1.29 is 49.5 Å². The predicted molar refractivity (Wildman–Crippen MR) is 147 cm³/mol. The topological polar surface area (TPSA) is 252 Å². The number of aliphatic carboxylic acids is 4. The molecular formula is C26H48N4O10. The van der Waals surface area contributed by atoms with E-state index in [-0.39, 0.29) is 11.9 Å². The zero-order chi connectivity index (χ0) is 31.1. The molecule has 0 fully saturated rings. The Bertz CT molecular complexity index is 790. The smallest absolute Gasteiger partial charge is 0.336 e. The number of hydrogen-bond acceptors (Lipinski definition) is 7. The Balaban J connectivity index is 0. The van der Waals surface area contributed by atoms with E-state index in [9.17, 15) is 29.1 Å². The monoisotopic (exact) mass is 576 g/mol. The average molecular weight is 577 g/mol. The minimum atomic E-state index is -2.74. The summed E-state index contributed by atoms with van der Waals surface area (Å²) in [5.74, 6) is -6.20. The molecule has 0 heterocycles. The van der Waals surface area contributed by atoms with Crippen LogP contribution in [0.2, 0.25) is 0 Å². The summed E-state index contributed by atoms with van der Waals surface area (Å²) in [5, 5.41) is 53.1. The van der Waals surface area contributed by atoms with E-state index in [4.69, 9.17) is 31.6 Å². The van der Waals surface area contributed by atoms with Crippen LogP contribution in [0.4, 0.5) is 0 Å². The summed E-state index contributed by atoms with van der Waals surface area (Å²) in [6, 6.07) is -0.810. The molecule has 0 aromatic rings. The SMILES string of the molecule is CCCCCCCCCCCC(=O)N(CC)C(CCCNC(=N)N)C(=O)O.O=C(O)CC(O)(CC(=O)O)C(=O)O. The first kappa shape index (κ1) is 38.7. The highest BCUT2D eigenvalue weighted by Gasteiger charge is 2.40. The molecule has 0 bridgehead atoms. The average Bonchev–Trinajstić information content (AvgIpc) is 2.83. The lowest BCUT2D eigenvalue weighted by Gasteiger charge is -2.28. The fourth-order valence-electron chi connectivity index (χ4n) is 3.95. The van der Waals surface area contributed by atoms with Crippen LogP contribution in [-0.4, -0.2) is 90.9 Å². The molecule has 0 aliphatic rings. The van der Waals surface area contributed by atoms with Crippen LogP contribution in [0.3, 0.4) is 0 Å². The standard InChI is InChI=1S/C20H40N4O3.C6H8O7/c1-3-5-6-7-8-9-10-11-12-15-18(25)24(4-2)17(19(26)27)14-13-16-23-20(21)22;7-3(8)1-6(13,5(11)12)2-4(9)10/h17H,3-16H2,1-2H3,(H,26,27)(H4,21,22,23);13H,1-2H2,(H,7,8)(H,9,10)(H,11,12). The number of nitrogens with two attached hydrogens (primary N) is 1. The van der Waals surface area contributed by atoms with Gasteiger partial charge in [0.05, 0.1) is 12.8 Å². The van der Waals surface area contributed by atoms with Crippen molar-refractivity contribution in [3.8, 4) is 0 Å². The molecule has 0 saturated heterocycles. The summed E-state index contributed by atoms with van der Waals surface area (Å²) < 4.78 is 0. The zero-order valence-corrected chi connectivity index (χ0v) is 23.7. The third kappa shape index (κ3) is 19.6. The van der Waals surface area contributed by atoms with E-state index < -0.39 is 48.4 Å². The van der Waals surface area contributed by atoms with Crippen molar-refractivity contribution in [3.63, 3.8) is 0 Å². The van der Waals surface area contributed by atoms with Gasteiger partial charge in [-0.3, -0.25) is 19.8 Å². The van der Waals surface area contributed by atoms with Gasteiger partial charge in [-0.05, 0) is 26.2 Å². The van der Waals surface area contributed by atoms with Crippen molar-refractivity contribution in [3.05, 3.63) is 0 Å². The highest BCUT2D eigenvalue weighted by atomic mass is 16.4. The van der Waals surface area contributed by atoms with Crippen LogP contribution in [0.1, 0.15) is 104 Å².